The summed E-state index contributed by atoms with van der Waals surface area (Å²) < 4.78 is 5.89. The van der Waals surface area contributed by atoms with Crippen LogP contribution in [0.2, 0.25) is 0 Å². The smallest absolute Gasteiger partial charge is 0.303 e. The second kappa shape index (κ2) is 10.8. The number of carboxylic acid groups (broad SMARTS) is 1. The van der Waals surface area contributed by atoms with Crippen molar-refractivity contribution in [1.82, 2.24) is 5.32 Å². The van der Waals surface area contributed by atoms with Crippen molar-refractivity contribution in [1.29, 1.82) is 0 Å². The van der Waals surface area contributed by atoms with E-state index in [0.717, 1.165) is 17.5 Å². The number of carboxylic acids is 1. The topological polar surface area (TPSA) is 75.6 Å². The molecule has 0 aliphatic rings. The molecule has 0 saturated heterocycles. The summed E-state index contributed by atoms with van der Waals surface area (Å²) in [5, 5.41) is 11.7. The van der Waals surface area contributed by atoms with Gasteiger partial charge in [0.15, 0.2) is 0 Å². The number of nitrogens with one attached hydrogen (secondary N) is 1. The molecule has 5 nitrogen and oxygen atoms in total. The molecule has 0 bridgehead atoms. The van der Waals surface area contributed by atoms with Crippen molar-refractivity contribution in [3.05, 3.63) is 101 Å². The van der Waals surface area contributed by atoms with Gasteiger partial charge in [-0.3, -0.25) is 9.59 Å². The predicted molar refractivity (Wildman–Crippen MR) is 116 cm³/mol. The first kappa shape index (κ1) is 21.1. The van der Waals surface area contributed by atoms with Crippen LogP contribution in [-0.4, -0.2) is 23.5 Å². The van der Waals surface area contributed by atoms with Gasteiger partial charge in [0.25, 0.3) is 5.91 Å². The molecule has 0 saturated carbocycles. The van der Waals surface area contributed by atoms with Crippen LogP contribution in [0.15, 0.2) is 78.9 Å². The van der Waals surface area contributed by atoms with Gasteiger partial charge in [-0.25, -0.2) is 0 Å². The number of carbonyl (C=O) groups is 2. The Labute approximate surface area is 176 Å². The Morgan fingerprint density at radius 2 is 1.40 bits per heavy atom. The molecule has 0 radical (unpaired) electrons. The summed E-state index contributed by atoms with van der Waals surface area (Å²) in [7, 11) is 0. The normalized spacial score (nSPS) is 10.4. The highest BCUT2D eigenvalue weighted by Crippen LogP contribution is 2.19. The monoisotopic (exact) mass is 403 g/mol. The molecule has 30 heavy (non-hydrogen) atoms. The number of para-hydroxylation sites is 1. The van der Waals surface area contributed by atoms with E-state index < -0.39 is 5.97 Å². The third-order valence-electron chi connectivity index (χ3n) is 4.72. The average molecular weight is 403 g/mol. The molecule has 1 amide bonds. The molecular formula is C25H25NO4. The van der Waals surface area contributed by atoms with Crippen molar-refractivity contribution in [2.75, 3.05) is 6.54 Å². The Hall–Kier alpha value is -3.60. The van der Waals surface area contributed by atoms with Crippen LogP contribution in [0.4, 0.5) is 0 Å². The predicted octanol–water partition coefficient (Wildman–Crippen LogP) is 4.26. The summed E-state index contributed by atoms with van der Waals surface area (Å²) in [6.45, 7) is 0.877. The summed E-state index contributed by atoms with van der Waals surface area (Å²) in [6.07, 6.45) is 1.38. The Bertz CT molecular complexity index is 968. The van der Waals surface area contributed by atoms with Crippen LogP contribution in [0.3, 0.4) is 0 Å². The van der Waals surface area contributed by atoms with Gasteiger partial charge in [0, 0.05) is 13.0 Å². The molecule has 0 aliphatic carbocycles. The van der Waals surface area contributed by atoms with Gasteiger partial charge in [0.1, 0.15) is 12.4 Å². The van der Waals surface area contributed by atoms with Crippen LogP contribution in [0.25, 0.3) is 0 Å². The van der Waals surface area contributed by atoms with E-state index in [0.29, 0.717) is 30.9 Å². The second-order valence-electron chi connectivity index (χ2n) is 6.99. The van der Waals surface area contributed by atoms with E-state index in [1.165, 1.54) is 5.56 Å². The molecule has 0 unspecified atom stereocenters. The van der Waals surface area contributed by atoms with E-state index in [-0.39, 0.29) is 12.3 Å². The number of benzene rings is 3. The van der Waals surface area contributed by atoms with Gasteiger partial charge in [-0.15, -0.1) is 0 Å². The Kier molecular flexibility index (Phi) is 7.61. The average Bonchev–Trinajstić information content (AvgIpc) is 2.78. The maximum absolute atomic E-state index is 12.6. The SMILES string of the molecule is O=C(O)CCc1ccc(COc2ccccc2C(=O)NCCc2ccccc2)cc1. The summed E-state index contributed by atoms with van der Waals surface area (Å²) in [5.41, 5.74) is 3.60. The fourth-order valence-electron chi connectivity index (χ4n) is 3.05. The molecule has 2 N–H and O–H groups in total. The molecule has 0 spiro atoms. The first-order valence-electron chi connectivity index (χ1n) is 9.95. The molecule has 3 aromatic carbocycles. The maximum Gasteiger partial charge on any atom is 0.303 e. The zero-order valence-corrected chi connectivity index (χ0v) is 16.7. The molecule has 0 heterocycles. The molecule has 5 heteroatoms. The fraction of sp³-hybridized carbons (Fsp3) is 0.200. The number of hydrogen-bond donors (Lipinski definition) is 2. The molecule has 0 aliphatic heterocycles. The standard InChI is InChI=1S/C25H25NO4/c27-24(28)15-14-20-10-12-21(13-11-20)18-30-23-9-5-4-8-22(23)25(29)26-17-16-19-6-2-1-3-7-19/h1-13H,14-18H2,(H,26,29)(H,27,28). The minimum atomic E-state index is -0.805. The number of aliphatic carboxylic acids is 1. The van der Waals surface area contributed by atoms with Gasteiger partial charge >= 0.3 is 5.97 Å². The lowest BCUT2D eigenvalue weighted by molar-refractivity contribution is -0.136. The lowest BCUT2D eigenvalue weighted by Gasteiger charge is -2.12. The van der Waals surface area contributed by atoms with Crippen molar-refractivity contribution in [2.24, 2.45) is 0 Å². The zero-order chi connectivity index (χ0) is 21.2. The number of rotatable bonds is 10. The van der Waals surface area contributed by atoms with E-state index in [4.69, 9.17) is 9.84 Å². The highest BCUT2D eigenvalue weighted by atomic mass is 16.5. The van der Waals surface area contributed by atoms with Gasteiger partial charge in [0.05, 0.1) is 5.56 Å². The van der Waals surface area contributed by atoms with Gasteiger partial charge in [-0.05, 0) is 41.7 Å². The van der Waals surface area contributed by atoms with Crippen LogP contribution in [0.5, 0.6) is 5.75 Å². The minimum Gasteiger partial charge on any atom is -0.488 e. The van der Waals surface area contributed by atoms with E-state index in [2.05, 4.69) is 5.32 Å². The molecule has 0 aromatic heterocycles. The second-order valence-corrected chi connectivity index (χ2v) is 6.99. The third kappa shape index (κ3) is 6.48. The highest BCUT2D eigenvalue weighted by Gasteiger charge is 2.12. The van der Waals surface area contributed by atoms with E-state index in [9.17, 15) is 9.59 Å². The van der Waals surface area contributed by atoms with E-state index >= 15 is 0 Å². The number of aryl methyl sites for hydroxylation is 1. The molecular weight excluding hydrogens is 378 g/mol. The lowest BCUT2D eigenvalue weighted by Crippen LogP contribution is -2.26. The van der Waals surface area contributed by atoms with Crippen molar-refractivity contribution in [3.8, 4) is 5.75 Å². The molecule has 3 aromatic rings. The highest BCUT2D eigenvalue weighted by molar-refractivity contribution is 5.96. The minimum absolute atomic E-state index is 0.114. The third-order valence-corrected chi connectivity index (χ3v) is 4.72. The Balaban J connectivity index is 1.54. The summed E-state index contributed by atoms with van der Waals surface area (Å²) in [4.78, 5) is 23.3. The Morgan fingerprint density at radius 1 is 0.767 bits per heavy atom. The molecule has 0 fully saturated rings. The lowest BCUT2D eigenvalue weighted by atomic mass is 10.1. The van der Waals surface area contributed by atoms with E-state index in [1.807, 2.05) is 66.7 Å². The fourth-order valence-corrected chi connectivity index (χ4v) is 3.05. The molecule has 3 rings (SSSR count). The number of ether oxygens (including phenoxy) is 1. The largest absolute Gasteiger partial charge is 0.488 e. The van der Waals surface area contributed by atoms with Gasteiger partial charge in [-0.2, -0.15) is 0 Å². The molecule has 0 atom stereocenters. The first-order valence-corrected chi connectivity index (χ1v) is 9.95. The number of amides is 1. The van der Waals surface area contributed by atoms with Crippen LogP contribution in [0, 0.1) is 0 Å². The van der Waals surface area contributed by atoms with Crippen LogP contribution in [-0.2, 0) is 24.2 Å². The summed E-state index contributed by atoms with van der Waals surface area (Å²) in [5.74, 6) is -0.434. The van der Waals surface area contributed by atoms with Crippen LogP contribution < -0.4 is 10.1 Å². The van der Waals surface area contributed by atoms with Gasteiger partial charge in [0.2, 0.25) is 0 Å². The van der Waals surface area contributed by atoms with Gasteiger partial charge in [-0.1, -0.05) is 66.7 Å². The quantitative estimate of drug-likeness (QED) is 0.530. The van der Waals surface area contributed by atoms with Crippen molar-refractivity contribution in [3.63, 3.8) is 0 Å². The number of hydrogen-bond acceptors (Lipinski definition) is 3. The van der Waals surface area contributed by atoms with Crippen molar-refractivity contribution < 1.29 is 19.4 Å². The maximum atomic E-state index is 12.6. The van der Waals surface area contributed by atoms with Crippen LogP contribution >= 0.6 is 0 Å². The summed E-state index contributed by atoms with van der Waals surface area (Å²) in [6, 6.07) is 24.9. The zero-order valence-electron chi connectivity index (χ0n) is 16.7. The van der Waals surface area contributed by atoms with Crippen LogP contribution in [0.1, 0.15) is 33.5 Å². The van der Waals surface area contributed by atoms with Crippen molar-refractivity contribution >= 4 is 11.9 Å². The van der Waals surface area contributed by atoms with Crippen molar-refractivity contribution in [2.45, 2.75) is 25.9 Å². The van der Waals surface area contributed by atoms with E-state index in [1.54, 1.807) is 12.1 Å². The summed E-state index contributed by atoms with van der Waals surface area (Å²) >= 11 is 0. The first-order chi connectivity index (χ1) is 14.6. The van der Waals surface area contributed by atoms with Gasteiger partial charge < -0.3 is 15.2 Å². The molecule has 154 valence electrons. The Morgan fingerprint density at radius 3 is 2.13 bits per heavy atom. The number of carbonyl (C=O) groups excluding carboxylic acids is 1.